The maximum Gasteiger partial charge on any atom is 0.452 e. The molecule has 3 unspecified atom stereocenters. The lowest BCUT2D eigenvalue weighted by Crippen LogP contribution is -2.56. The van der Waals surface area contributed by atoms with E-state index in [0.29, 0.717) is 17.7 Å². The highest BCUT2D eigenvalue weighted by molar-refractivity contribution is 5.97. The molecule has 0 fully saturated rings. The van der Waals surface area contributed by atoms with E-state index in [4.69, 9.17) is 9.47 Å². The number of halogens is 8. The van der Waals surface area contributed by atoms with Crippen molar-refractivity contribution in [1.29, 1.82) is 0 Å². The van der Waals surface area contributed by atoms with Gasteiger partial charge in [0.05, 0.1) is 18.7 Å². The highest BCUT2D eigenvalue weighted by atomic mass is 19.4. The van der Waals surface area contributed by atoms with Crippen LogP contribution in [0.25, 0.3) is 0 Å². The number of hydrogen-bond donors (Lipinski definition) is 4. The summed E-state index contributed by atoms with van der Waals surface area (Å²) in [7, 11) is 1.30. The lowest BCUT2D eigenvalue weighted by Gasteiger charge is -2.28. The van der Waals surface area contributed by atoms with Gasteiger partial charge in [0.25, 0.3) is 11.7 Å². The Morgan fingerprint density at radius 3 is 1.74 bits per heavy atom. The molecule has 3 aromatic carbocycles. The summed E-state index contributed by atoms with van der Waals surface area (Å²) in [5.41, 5.74) is -3.74. The zero-order chi connectivity index (χ0) is 43.8. The van der Waals surface area contributed by atoms with E-state index < -0.39 is 95.1 Å². The van der Waals surface area contributed by atoms with Gasteiger partial charge >= 0.3 is 24.4 Å². The minimum atomic E-state index is -5.37. The third-order valence-corrected chi connectivity index (χ3v) is 8.30. The number of rotatable bonds is 15. The second-order valence-corrected chi connectivity index (χ2v) is 14.3. The van der Waals surface area contributed by atoms with Crippen molar-refractivity contribution < 1.29 is 68.6 Å². The van der Waals surface area contributed by atoms with Crippen molar-refractivity contribution in [3.05, 3.63) is 101 Å². The second-order valence-electron chi connectivity index (χ2n) is 14.3. The molecular formula is C39H42F8N4O7. The van der Waals surface area contributed by atoms with Crippen LogP contribution in [0.15, 0.2) is 72.8 Å². The molecule has 0 bridgehead atoms. The number of amides is 4. The summed E-state index contributed by atoms with van der Waals surface area (Å²) in [6.07, 6.45) is -12.0. The number of ketones is 1. The SMILES string of the molecule is COc1ccc(C(NC(=O)C(Cc2ccc(CNC(=O)OC(C)(C)C)cc2)NC(=O)C(F)(F)c2ccccc2C(F)(F)F)C(=O)NC(C(=O)C(F)(F)F)C(C)C)cc1. The highest BCUT2D eigenvalue weighted by Gasteiger charge is 2.49. The highest BCUT2D eigenvalue weighted by Crippen LogP contribution is 2.39. The van der Waals surface area contributed by atoms with Crippen LogP contribution in [0.5, 0.6) is 5.75 Å². The van der Waals surface area contributed by atoms with Crippen LogP contribution in [-0.2, 0) is 49.0 Å². The smallest absolute Gasteiger partial charge is 0.452 e. The minimum Gasteiger partial charge on any atom is -0.497 e. The molecule has 0 saturated carbocycles. The van der Waals surface area contributed by atoms with E-state index in [9.17, 15) is 50.3 Å². The zero-order valence-corrected chi connectivity index (χ0v) is 32.0. The number of carbonyl (C=O) groups excluding carboxylic acids is 5. The molecule has 58 heavy (non-hydrogen) atoms. The number of nitrogens with one attached hydrogen (secondary N) is 4. The minimum absolute atomic E-state index is 0.0342. The van der Waals surface area contributed by atoms with E-state index in [1.54, 1.807) is 26.1 Å². The second kappa shape index (κ2) is 18.7. The zero-order valence-electron chi connectivity index (χ0n) is 32.0. The molecule has 3 aromatic rings. The molecule has 0 radical (unpaired) electrons. The van der Waals surface area contributed by atoms with E-state index in [1.165, 1.54) is 69.5 Å². The topological polar surface area (TPSA) is 152 Å². The summed E-state index contributed by atoms with van der Waals surface area (Å²) in [6.45, 7) is 7.36. The molecule has 0 spiro atoms. The Bertz CT molecular complexity index is 1930. The number of carbonyl (C=O) groups is 5. The molecule has 0 aromatic heterocycles. The first-order valence-corrected chi connectivity index (χ1v) is 17.5. The van der Waals surface area contributed by atoms with Gasteiger partial charge in [-0.3, -0.25) is 19.2 Å². The Morgan fingerprint density at radius 1 is 0.690 bits per heavy atom. The van der Waals surface area contributed by atoms with E-state index in [2.05, 4.69) is 10.6 Å². The largest absolute Gasteiger partial charge is 0.497 e. The lowest BCUT2D eigenvalue weighted by molar-refractivity contribution is -0.175. The summed E-state index contributed by atoms with van der Waals surface area (Å²) < 4.78 is 123. The summed E-state index contributed by atoms with van der Waals surface area (Å²) >= 11 is 0. The fourth-order valence-electron chi connectivity index (χ4n) is 5.39. The van der Waals surface area contributed by atoms with Gasteiger partial charge in [-0.1, -0.05) is 68.4 Å². The van der Waals surface area contributed by atoms with Crippen LogP contribution < -0.4 is 26.0 Å². The van der Waals surface area contributed by atoms with Gasteiger partial charge in [-0.25, -0.2) is 4.79 Å². The Morgan fingerprint density at radius 2 is 1.24 bits per heavy atom. The number of ether oxygens (including phenoxy) is 2. The number of alkyl halides is 8. The Balaban J connectivity index is 2.03. The Kier molecular flexibility index (Phi) is 15.0. The quantitative estimate of drug-likeness (QED) is 0.125. The van der Waals surface area contributed by atoms with Crippen LogP contribution in [0, 0.1) is 5.92 Å². The van der Waals surface area contributed by atoms with Crippen molar-refractivity contribution in [2.75, 3.05) is 7.11 Å². The van der Waals surface area contributed by atoms with Crippen LogP contribution in [0.2, 0.25) is 0 Å². The van der Waals surface area contributed by atoms with Crippen LogP contribution in [0.4, 0.5) is 39.9 Å². The van der Waals surface area contributed by atoms with E-state index in [-0.39, 0.29) is 23.4 Å². The standard InChI is InChI=1S/C39H42F8N4O7/c1-21(2)29(31(52)39(45,46)47)50-33(54)30(24-15-17-25(57-6)18-16-24)51-32(53)28(19-22-11-13-23(14-12-22)20-48-35(56)58-36(3,4)5)49-34(55)37(40,41)26-9-7-8-10-27(26)38(42,43)44/h7-18,21,28-30H,19-20H2,1-6H3,(H,48,56)(H,49,55)(H,50,54)(H,51,53). The molecule has 0 aliphatic carbocycles. The molecule has 316 valence electrons. The summed E-state index contributed by atoms with van der Waals surface area (Å²) in [5, 5.41) is 8.50. The van der Waals surface area contributed by atoms with Gasteiger partial charge in [-0.05, 0) is 61.6 Å². The summed E-state index contributed by atoms with van der Waals surface area (Å²) in [5.74, 6) is -13.1. The fraction of sp³-hybridized carbons (Fsp3) is 0.410. The molecule has 19 heteroatoms. The third-order valence-electron chi connectivity index (χ3n) is 8.30. The van der Waals surface area contributed by atoms with Gasteiger partial charge in [0.15, 0.2) is 0 Å². The van der Waals surface area contributed by atoms with Crippen LogP contribution in [0.1, 0.15) is 68.5 Å². The lowest BCUT2D eigenvalue weighted by atomic mass is 9.97. The first-order valence-electron chi connectivity index (χ1n) is 17.5. The molecule has 0 aliphatic heterocycles. The van der Waals surface area contributed by atoms with Crippen molar-refractivity contribution in [2.45, 2.75) is 89.6 Å². The molecule has 3 rings (SSSR count). The van der Waals surface area contributed by atoms with Gasteiger partial charge in [-0.15, -0.1) is 0 Å². The molecule has 4 N–H and O–H groups in total. The number of alkyl carbamates (subject to hydrolysis) is 1. The van der Waals surface area contributed by atoms with Crippen molar-refractivity contribution in [3.8, 4) is 5.75 Å². The third kappa shape index (κ3) is 12.9. The molecule has 0 saturated heterocycles. The van der Waals surface area contributed by atoms with Crippen molar-refractivity contribution >= 4 is 29.6 Å². The Hall–Kier alpha value is -5.75. The molecule has 0 heterocycles. The summed E-state index contributed by atoms with van der Waals surface area (Å²) in [4.78, 5) is 65.2. The van der Waals surface area contributed by atoms with Gasteiger partial charge in [0.1, 0.15) is 23.4 Å². The van der Waals surface area contributed by atoms with Crippen molar-refractivity contribution in [2.24, 2.45) is 5.92 Å². The molecule has 3 atom stereocenters. The number of benzene rings is 3. The fourth-order valence-corrected chi connectivity index (χ4v) is 5.39. The van der Waals surface area contributed by atoms with Crippen LogP contribution in [-0.4, -0.2) is 60.6 Å². The first kappa shape index (κ1) is 46.6. The molecular weight excluding hydrogens is 788 g/mol. The average Bonchev–Trinajstić information content (AvgIpc) is 3.13. The molecule has 0 aliphatic rings. The van der Waals surface area contributed by atoms with Gasteiger partial charge < -0.3 is 30.7 Å². The van der Waals surface area contributed by atoms with E-state index in [1.807, 2.05) is 5.32 Å². The predicted molar refractivity (Wildman–Crippen MR) is 192 cm³/mol. The van der Waals surface area contributed by atoms with Crippen molar-refractivity contribution in [1.82, 2.24) is 21.3 Å². The first-order chi connectivity index (χ1) is 26.7. The van der Waals surface area contributed by atoms with E-state index >= 15 is 8.78 Å². The molecule has 4 amide bonds. The van der Waals surface area contributed by atoms with Gasteiger partial charge in [0.2, 0.25) is 11.8 Å². The predicted octanol–water partition coefficient (Wildman–Crippen LogP) is 6.69. The summed E-state index contributed by atoms with van der Waals surface area (Å²) in [6, 6.07) is 7.11. The average molecular weight is 831 g/mol. The maximum absolute atomic E-state index is 15.6. The van der Waals surface area contributed by atoms with Crippen LogP contribution in [0.3, 0.4) is 0 Å². The maximum atomic E-state index is 15.6. The van der Waals surface area contributed by atoms with Gasteiger partial charge in [0, 0.05) is 18.5 Å². The number of Topliss-reactive ketones (excluding diaryl/α,β-unsaturated/α-hetero) is 1. The monoisotopic (exact) mass is 830 g/mol. The van der Waals surface area contributed by atoms with Gasteiger partial charge in [-0.2, -0.15) is 35.1 Å². The number of hydrogen-bond acceptors (Lipinski definition) is 7. The van der Waals surface area contributed by atoms with Crippen molar-refractivity contribution in [3.63, 3.8) is 0 Å². The normalized spacial score (nSPS) is 13.8. The molecule has 11 nitrogen and oxygen atoms in total. The number of methoxy groups -OCH3 is 1. The Labute approximate surface area is 328 Å². The van der Waals surface area contributed by atoms with E-state index in [0.717, 1.165) is 12.1 Å². The van der Waals surface area contributed by atoms with Crippen LogP contribution >= 0.6 is 0 Å².